The molecule has 0 amide bonds. The minimum Gasteiger partial charge on any atom is -0.262 e. The molecule has 0 aliphatic carbocycles. The van der Waals surface area contributed by atoms with Crippen molar-refractivity contribution in [2.24, 2.45) is 0 Å². The molecule has 0 saturated carbocycles. The van der Waals surface area contributed by atoms with Gasteiger partial charge in [0.15, 0.2) is 0 Å². The molecular formula is C21H20FNO2S. The predicted octanol–water partition coefficient (Wildman–Crippen LogP) is 4.84. The molecule has 0 saturated heterocycles. The molecule has 0 atom stereocenters. The van der Waals surface area contributed by atoms with Crippen LogP contribution in [0.4, 0.5) is 10.1 Å². The topological polar surface area (TPSA) is 37.4 Å². The summed E-state index contributed by atoms with van der Waals surface area (Å²) in [5.41, 5.74) is 2.50. The van der Waals surface area contributed by atoms with Gasteiger partial charge in [-0.15, -0.1) is 0 Å². The van der Waals surface area contributed by atoms with Crippen molar-refractivity contribution in [3.05, 3.63) is 95.3 Å². The monoisotopic (exact) mass is 369 g/mol. The zero-order valence-electron chi connectivity index (χ0n) is 14.7. The lowest BCUT2D eigenvalue weighted by atomic mass is 10.2. The Kier molecular flexibility index (Phi) is 5.09. The molecule has 0 heterocycles. The first-order valence-electron chi connectivity index (χ1n) is 8.28. The Bertz CT molecular complexity index is 1010. The zero-order valence-corrected chi connectivity index (χ0v) is 15.5. The molecule has 3 aromatic carbocycles. The summed E-state index contributed by atoms with van der Waals surface area (Å²) < 4.78 is 42.2. The Morgan fingerprint density at radius 2 is 1.46 bits per heavy atom. The molecule has 0 N–H and O–H groups in total. The number of benzene rings is 3. The first-order chi connectivity index (χ1) is 12.4. The smallest absolute Gasteiger partial charge is 0.262 e. The average molecular weight is 369 g/mol. The highest BCUT2D eigenvalue weighted by Crippen LogP contribution is 2.28. The fraction of sp³-hybridized carbons (Fsp3) is 0.143. The van der Waals surface area contributed by atoms with Crippen LogP contribution in [0.25, 0.3) is 0 Å². The van der Waals surface area contributed by atoms with Crippen molar-refractivity contribution in [1.82, 2.24) is 0 Å². The highest BCUT2D eigenvalue weighted by atomic mass is 32.2. The molecule has 0 aromatic heterocycles. The maximum absolute atomic E-state index is 14.2. The highest BCUT2D eigenvalue weighted by Gasteiger charge is 2.27. The number of anilines is 1. The first kappa shape index (κ1) is 18.1. The normalized spacial score (nSPS) is 11.3. The quantitative estimate of drug-likeness (QED) is 0.645. The molecule has 134 valence electrons. The summed E-state index contributed by atoms with van der Waals surface area (Å²) in [6, 6.07) is 20.2. The van der Waals surface area contributed by atoms with E-state index in [9.17, 15) is 12.8 Å². The molecular weight excluding hydrogens is 349 g/mol. The second-order valence-electron chi connectivity index (χ2n) is 6.20. The van der Waals surface area contributed by atoms with Gasteiger partial charge in [-0.3, -0.25) is 4.31 Å². The van der Waals surface area contributed by atoms with E-state index in [2.05, 4.69) is 0 Å². The summed E-state index contributed by atoms with van der Waals surface area (Å²) >= 11 is 0. The van der Waals surface area contributed by atoms with Crippen LogP contribution in [-0.4, -0.2) is 8.42 Å². The van der Waals surface area contributed by atoms with Gasteiger partial charge < -0.3 is 0 Å². The molecule has 3 aromatic rings. The van der Waals surface area contributed by atoms with Gasteiger partial charge in [-0.1, -0.05) is 54.1 Å². The van der Waals surface area contributed by atoms with Crippen LogP contribution in [0, 0.1) is 19.7 Å². The maximum Gasteiger partial charge on any atom is 0.264 e. The van der Waals surface area contributed by atoms with Crippen LogP contribution in [0.5, 0.6) is 0 Å². The van der Waals surface area contributed by atoms with Crippen LogP contribution in [0.1, 0.15) is 16.7 Å². The lowest BCUT2D eigenvalue weighted by molar-refractivity contribution is 0.585. The molecule has 3 rings (SSSR count). The van der Waals surface area contributed by atoms with Gasteiger partial charge in [-0.05, 0) is 43.7 Å². The van der Waals surface area contributed by atoms with Crippen molar-refractivity contribution < 1.29 is 12.8 Å². The van der Waals surface area contributed by atoms with Gasteiger partial charge in [0.05, 0.1) is 17.1 Å². The summed E-state index contributed by atoms with van der Waals surface area (Å²) in [7, 11) is -3.85. The SMILES string of the molecule is Cc1ccc(N(Cc2ccccc2F)S(=O)(=O)c2ccccc2C)cc1. The summed E-state index contributed by atoms with van der Waals surface area (Å²) in [4.78, 5) is 0.219. The van der Waals surface area contributed by atoms with Crippen molar-refractivity contribution in [2.45, 2.75) is 25.3 Å². The van der Waals surface area contributed by atoms with Gasteiger partial charge in [0.1, 0.15) is 5.82 Å². The number of hydrogen-bond acceptors (Lipinski definition) is 2. The third kappa shape index (κ3) is 3.63. The second kappa shape index (κ2) is 7.30. The average Bonchev–Trinajstić information content (AvgIpc) is 2.62. The van der Waals surface area contributed by atoms with Gasteiger partial charge in [0.2, 0.25) is 0 Å². The Hall–Kier alpha value is -2.66. The highest BCUT2D eigenvalue weighted by molar-refractivity contribution is 7.92. The Morgan fingerprint density at radius 3 is 2.12 bits per heavy atom. The van der Waals surface area contributed by atoms with E-state index in [4.69, 9.17) is 0 Å². The number of sulfonamides is 1. The Morgan fingerprint density at radius 1 is 0.846 bits per heavy atom. The summed E-state index contributed by atoms with van der Waals surface area (Å²) in [6.07, 6.45) is 0. The van der Waals surface area contributed by atoms with Gasteiger partial charge in [0.25, 0.3) is 10.0 Å². The van der Waals surface area contributed by atoms with Crippen molar-refractivity contribution >= 4 is 15.7 Å². The lowest BCUT2D eigenvalue weighted by Gasteiger charge is -2.26. The van der Waals surface area contributed by atoms with E-state index in [0.29, 0.717) is 16.8 Å². The van der Waals surface area contributed by atoms with E-state index in [1.54, 1.807) is 61.5 Å². The maximum atomic E-state index is 14.2. The summed E-state index contributed by atoms with van der Waals surface area (Å²) in [5.74, 6) is -0.426. The van der Waals surface area contributed by atoms with Crippen molar-refractivity contribution in [2.75, 3.05) is 4.31 Å². The van der Waals surface area contributed by atoms with Crippen molar-refractivity contribution in [3.8, 4) is 0 Å². The van der Waals surface area contributed by atoms with Crippen LogP contribution in [0.15, 0.2) is 77.7 Å². The van der Waals surface area contributed by atoms with Crippen LogP contribution in [0.2, 0.25) is 0 Å². The molecule has 0 bridgehead atoms. The van der Waals surface area contributed by atoms with Crippen LogP contribution in [-0.2, 0) is 16.6 Å². The Balaban J connectivity index is 2.13. The number of halogens is 1. The summed E-state index contributed by atoms with van der Waals surface area (Å²) in [5, 5.41) is 0. The number of hydrogen-bond donors (Lipinski definition) is 0. The molecule has 0 unspecified atom stereocenters. The lowest BCUT2D eigenvalue weighted by Crippen LogP contribution is -2.31. The van der Waals surface area contributed by atoms with E-state index in [0.717, 1.165) is 5.56 Å². The minimum absolute atomic E-state index is 0.0770. The van der Waals surface area contributed by atoms with Crippen LogP contribution < -0.4 is 4.31 Å². The van der Waals surface area contributed by atoms with E-state index < -0.39 is 15.8 Å². The molecule has 5 heteroatoms. The third-order valence-electron chi connectivity index (χ3n) is 4.26. The van der Waals surface area contributed by atoms with Gasteiger partial charge in [-0.25, -0.2) is 12.8 Å². The fourth-order valence-electron chi connectivity index (χ4n) is 2.77. The molecule has 0 radical (unpaired) electrons. The van der Waals surface area contributed by atoms with E-state index in [1.165, 1.54) is 10.4 Å². The van der Waals surface area contributed by atoms with E-state index in [-0.39, 0.29) is 11.4 Å². The Labute approximate surface area is 153 Å². The molecule has 0 fully saturated rings. The zero-order chi connectivity index (χ0) is 18.7. The van der Waals surface area contributed by atoms with Gasteiger partial charge in [-0.2, -0.15) is 0 Å². The largest absolute Gasteiger partial charge is 0.264 e. The third-order valence-corrected chi connectivity index (χ3v) is 6.19. The second-order valence-corrected chi connectivity index (χ2v) is 8.03. The minimum atomic E-state index is -3.85. The standard InChI is InChI=1S/C21H20FNO2S/c1-16-11-13-19(14-12-16)23(15-18-8-4-5-9-20(18)22)26(24,25)21-10-6-3-7-17(21)2/h3-14H,15H2,1-2H3. The van der Waals surface area contributed by atoms with Crippen molar-refractivity contribution in [1.29, 1.82) is 0 Å². The number of nitrogens with zero attached hydrogens (tertiary/aromatic N) is 1. The van der Waals surface area contributed by atoms with Crippen molar-refractivity contribution in [3.63, 3.8) is 0 Å². The molecule has 3 nitrogen and oxygen atoms in total. The van der Waals surface area contributed by atoms with Crippen LogP contribution in [0.3, 0.4) is 0 Å². The first-order valence-corrected chi connectivity index (χ1v) is 9.72. The number of aryl methyl sites for hydroxylation is 2. The van der Waals surface area contributed by atoms with E-state index in [1.807, 2.05) is 19.1 Å². The number of rotatable bonds is 5. The van der Waals surface area contributed by atoms with Gasteiger partial charge in [0, 0.05) is 5.56 Å². The van der Waals surface area contributed by atoms with Gasteiger partial charge >= 0.3 is 0 Å². The van der Waals surface area contributed by atoms with E-state index >= 15 is 0 Å². The molecule has 26 heavy (non-hydrogen) atoms. The molecule has 0 aliphatic rings. The van der Waals surface area contributed by atoms with Crippen LogP contribution >= 0.6 is 0 Å². The fourth-order valence-corrected chi connectivity index (χ4v) is 4.44. The summed E-state index contributed by atoms with van der Waals surface area (Å²) in [6.45, 7) is 3.61. The molecule has 0 spiro atoms. The predicted molar refractivity (Wildman–Crippen MR) is 102 cm³/mol. The molecule has 0 aliphatic heterocycles.